The lowest BCUT2D eigenvalue weighted by atomic mass is 9.79. The first-order valence-electron chi connectivity index (χ1n) is 9.36. The highest BCUT2D eigenvalue weighted by Crippen LogP contribution is 2.45. The number of nitro groups is 1. The van der Waals surface area contributed by atoms with Crippen LogP contribution in [0.2, 0.25) is 0 Å². The molecular weight excluding hydrogens is 360 g/mol. The summed E-state index contributed by atoms with van der Waals surface area (Å²) in [4.78, 5) is 37.7. The van der Waals surface area contributed by atoms with Gasteiger partial charge in [-0.1, -0.05) is 43.2 Å². The summed E-state index contributed by atoms with van der Waals surface area (Å²) in [6, 6.07) is 11.7. The van der Waals surface area contributed by atoms with Crippen molar-refractivity contribution in [2.45, 2.75) is 43.7 Å². The number of nitrogens with zero attached hydrogens (tertiary/aromatic N) is 2. The van der Waals surface area contributed by atoms with Gasteiger partial charge >= 0.3 is 0 Å². The Labute approximate surface area is 161 Å². The first-order chi connectivity index (χ1) is 13.5. The Hall–Kier alpha value is -3.22. The molecule has 1 heterocycles. The molecule has 0 spiro atoms. The van der Waals surface area contributed by atoms with Crippen LogP contribution >= 0.6 is 0 Å². The SMILES string of the molecule is O=C([O-])[C@H]1c2ccccc2C(=O)N(C2CCCC2)[C@@H]1c1ccc([N+](=O)[O-])cc1. The van der Waals surface area contributed by atoms with Crippen LogP contribution in [0.1, 0.15) is 59.1 Å². The number of carbonyl (C=O) groups is 2. The predicted octanol–water partition coefficient (Wildman–Crippen LogP) is 2.57. The standard InChI is InChI=1S/C21H20N2O5/c24-20-17-8-4-3-7-16(17)18(21(25)26)19(22(20)14-5-1-2-6-14)13-9-11-15(12-10-13)23(27)28/h3-4,7-12,14,18-19H,1-2,5-6H2,(H,25,26)/p-1/t18-,19+/m0/s1. The molecule has 1 fully saturated rings. The van der Waals surface area contributed by atoms with Crippen molar-refractivity contribution in [1.29, 1.82) is 0 Å². The number of non-ortho nitro benzene ring substituents is 1. The quantitative estimate of drug-likeness (QED) is 0.600. The van der Waals surface area contributed by atoms with Gasteiger partial charge in [-0.15, -0.1) is 0 Å². The topological polar surface area (TPSA) is 104 Å². The fraction of sp³-hybridized carbons (Fsp3) is 0.333. The van der Waals surface area contributed by atoms with Gasteiger partial charge in [0.1, 0.15) is 0 Å². The summed E-state index contributed by atoms with van der Waals surface area (Å²) >= 11 is 0. The summed E-state index contributed by atoms with van der Waals surface area (Å²) in [5, 5.41) is 23.2. The van der Waals surface area contributed by atoms with Crippen LogP contribution in [-0.4, -0.2) is 27.7 Å². The number of carbonyl (C=O) groups excluding carboxylic acids is 2. The molecule has 1 amide bonds. The van der Waals surface area contributed by atoms with Crippen molar-refractivity contribution in [2.24, 2.45) is 0 Å². The highest BCUT2D eigenvalue weighted by Gasteiger charge is 2.44. The molecule has 7 nitrogen and oxygen atoms in total. The number of rotatable bonds is 4. The van der Waals surface area contributed by atoms with Crippen LogP contribution in [0.15, 0.2) is 48.5 Å². The third-order valence-electron chi connectivity index (χ3n) is 5.79. The van der Waals surface area contributed by atoms with E-state index in [0.29, 0.717) is 16.7 Å². The molecule has 0 unspecified atom stereocenters. The number of fused-ring (bicyclic) bond motifs is 1. The van der Waals surface area contributed by atoms with Crippen LogP contribution in [0.3, 0.4) is 0 Å². The van der Waals surface area contributed by atoms with E-state index in [2.05, 4.69) is 0 Å². The molecule has 0 aromatic heterocycles. The largest absolute Gasteiger partial charge is 0.549 e. The molecule has 1 saturated carbocycles. The fourth-order valence-electron chi connectivity index (χ4n) is 4.54. The Morgan fingerprint density at radius 3 is 2.29 bits per heavy atom. The Kier molecular flexibility index (Phi) is 4.58. The fourth-order valence-corrected chi connectivity index (χ4v) is 4.54. The van der Waals surface area contributed by atoms with Gasteiger partial charge < -0.3 is 14.8 Å². The van der Waals surface area contributed by atoms with E-state index in [1.54, 1.807) is 41.3 Å². The third-order valence-corrected chi connectivity index (χ3v) is 5.79. The minimum Gasteiger partial charge on any atom is -0.549 e. The maximum absolute atomic E-state index is 13.3. The number of carboxylic acids is 1. The highest BCUT2D eigenvalue weighted by molar-refractivity contribution is 6.00. The third kappa shape index (κ3) is 2.93. The molecule has 2 atom stereocenters. The van der Waals surface area contributed by atoms with Crippen molar-refractivity contribution in [3.05, 3.63) is 75.3 Å². The van der Waals surface area contributed by atoms with Crippen LogP contribution < -0.4 is 5.11 Å². The van der Waals surface area contributed by atoms with E-state index in [1.165, 1.54) is 12.1 Å². The molecule has 0 N–H and O–H groups in total. The lowest BCUT2D eigenvalue weighted by Crippen LogP contribution is -2.51. The molecule has 4 rings (SSSR count). The van der Waals surface area contributed by atoms with Crippen LogP contribution in [0.25, 0.3) is 0 Å². The highest BCUT2D eigenvalue weighted by atomic mass is 16.6. The van der Waals surface area contributed by atoms with Gasteiger partial charge in [-0.2, -0.15) is 0 Å². The predicted molar refractivity (Wildman–Crippen MR) is 98.5 cm³/mol. The monoisotopic (exact) mass is 379 g/mol. The van der Waals surface area contributed by atoms with E-state index < -0.39 is 22.9 Å². The summed E-state index contributed by atoms with van der Waals surface area (Å²) < 4.78 is 0. The number of amides is 1. The summed E-state index contributed by atoms with van der Waals surface area (Å²) in [6.07, 6.45) is 3.60. The van der Waals surface area contributed by atoms with Gasteiger partial charge in [0.05, 0.1) is 16.9 Å². The zero-order chi connectivity index (χ0) is 19.8. The number of nitro benzene ring substituents is 1. The molecule has 0 radical (unpaired) electrons. The van der Waals surface area contributed by atoms with E-state index in [0.717, 1.165) is 25.7 Å². The van der Waals surface area contributed by atoms with Gasteiger partial charge in [0.25, 0.3) is 11.6 Å². The molecule has 1 aliphatic carbocycles. The Bertz CT molecular complexity index is 934. The van der Waals surface area contributed by atoms with Gasteiger partial charge in [0.15, 0.2) is 0 Å². The molecule has 2 aliphatic rings. The van der Waals surface area contributed by atoms with Crippen molar-refractivity contribution < 1.29 is 19.6 Å². The van der Waals surface area contributed by atoms with Crippen LogP contribution in [0.4, 0.5) is 5.69 Å². The minimum absolute atomic E-state index is 0.0529. The van der Waals surface area contributed by atoms with Gasteiger partial charge in [-0.25, -0.2) is 0 Å². The first kappa shape index (κ1) is 18.2. The average molecular weight is 379 g/mol. The lowest BCUT2D eigenvalue weighted by Gasteiger charge is -2.45. The van der Waals surface area contributed by atoms with E-state index >= 15 is 0 Å². The van der Waals surface area contributed by atoms with Crippen molar-refractivity contribution in [2.75, 3.05) is 0 Å². The average Bonchev–Trinajstić information content (AvgIpc) is 3.22. The summed E-state index contributed by atoms with van der Waals surface area (Å²) in [5.74, 6) is -2.48. The Morgan fingerprint density at radius 2 is 1.68 bits per heavy atom. The second kappa shape index (κ2) is 7.07. The van der Waals surface area contributed by atoms with E-state index in [-0.39, 0.29) is 17.6 Å². The van der Waals surface area contributed by atoms with Crippen LogP contribution in [0, 0.1) is 10.1 Å². The van der Waals surface area contributed by atoms with Crippen molar-refractivity contribution >= 4 is 17.6 Å². The molecule has 2 aromatic carbocycles. The number of hydrogen-bond donors (Lipinski definition) is 0. The number of carboxylic acid groups (broad SMARTS) is 1. The molecule has 2 aromatic rings. The molecular formula is C21H19N2O5-. The molecule has 0 bridgehead atoms. The minimum atomic E-state index is -1.26. The van der Waals surface area contributed by atoms with Gasteiger partial charge in [0.2, 0.25) is 0 Å². The van der Waals surface area contributed by atoms with Crippen LogP contribution in [-0.2, 0) is 4.79 Å². The smallest absolute Gasteiger partial charge is 0.269 e. The maximum Gasteiger partial charge on any atom is 0.269 e. The summed E-state index contributed by atoms with van der Waals surface area (Å²) in [6.45, 7) is 0. The van der Waals surface area contributed by atoms with Crippen molar-refractivity contribution in [1.82, 2.24) is 4.90 Å². The van der Waals surface area contributed by atoms with Gasteiger partial charge in [-0.05, 0) is 30.0 Å². The summed E-state index contributed by atoms with van der Waals surface area (Å²) in [5.41, 5.74) is 1.31. The lowest BCUT2D eigenvalue weighted by molar-refractivity contribution is -0.384. The summed E-state index contributed by atoms with van der Waals surface area (Å²) in [7, 11) is 0. The number of hydrogen-bond acceptors (Lipinski definition) is 5. The Morgan fingerprint density at radius 1 is 1.04 bits per heavy atom. The molecule has 28 heavy (non-hydrogen) atoms. The van der Waals surface area contributed by atoms with Crippen molar-refractivity contribution in [3.8, 4) is 0 Å². The second-order valence-corrected chi connectivity index (χ2v) is 7.33. The van der Waals surface area contributed by atoms with Gasteiger partial charge in [0, 0.05) is 29.7 Å². The Balaban J connectivity index is 1.88. The van der Waals surface area contributed by atoms with E-state index in [1.807, 2.05) is 0 Å². The second-order valence-electron chi connectivity index (χ2n) is 7.33. The normalized spacial score (nSPS) is 22.1. The molecule has 1 aliphatic heterocycles. The molecule has 144 valence electrons. The number of aliphatic carboxylic acids is 1. The maximum atomic E-state index is 13.3. The first-order valence-corrected chi connectivity index (χ1v) is 9.36. The van der Waals surface area contributed by atoms with Gasteiger partial charge in [-0.3, -0.25) is 14.9 Å². The molecule has 7 heteroatoms. The van der Waals surface area contributed by atoms with E-state index in [4.69, 9.17) is 0 Å². The zero-order valence-electron chi connectivity index (χ0n) is 15.1. The van der Waals surface area contributed by atoms with Crippen LogP contribution in [0.5, 0.6) is 0 Å². The van der Waals surface area contributed by atoms with Crippen molar-refractivity contribution in [3.63, 3.8) is 0 Å². The van der Waals surface area contributed by atoms with E-state index in [9.17, 15) is 24.8 Å². The zero-order valence-corrected chi connectivity index (χ0v) is 15.1. The molecule has 0 saturated heterocycles. The number of benzene rings is 2.